The molecule has 7 heteroatoms. The third-order valence-corrected chi connectivity index (χ3v) is 4.56. The van der Waals surface area contributed by atoms with Crippen molar-refractivity contribution in [2.24, 2.45) is 7.05 Å². The lowest BCUT2D eigenvalue weighted by Crippen LogP contribution is -2.46. The molecular formula is C19H24N6O. The highest BCUT2D eigenvalue weighted by Gasteiger charge is 2.25. The summed E-state index contributed by atoms with van der Waals surface area (Å²) >= 11 is 0. The summed E-state index contributed by atoms with van der Waals surface area (Å²) in [4.78, 5) is 11.8. The highest BCUT2D eigenvalue weighted by Crippen LogP contribution is 2.27. The third-order valence-electron chi connectivity index (χ3n) is 4.56. The number of nitrogens with zero attached hydrogens (tertiary/aromatic N) is 5. The van der Waals surface area contributed by atoms with E-state index >= 15 is 0 Å². The molecule has 2 atom stereocenters. The van der Waals surface area contributed by atoms with E-state index in [1.807, 2.05) is 25.4 Å². The maximum atomic E-state index is 5.84. The molecule has 0 unspecified atom stereocenters. The summed E-state index contributed by atoms with van der Waals surface area (Å²) in [6, 6.07) is 8.25. The topological polar surface area (TPSA) is 68.1 Å². The molecule has 136 valence electrons. The summed E-state index contributed by atoms with van der Waals surface area (Å²) in [6.07, 6.45) is 2.11. The lowest BCUT2D eigenvalue weighted by atomic mass is 10.2. The standard InChI is InChI=1S/C19H24N6O/c1-12-6-5-7-15(8-12)21-17-16-9-20-24(4)18(16)23-19(22-17)25-10-13(2)26-14(3)11-25/h5-9,13-14H,10-11H2,1-4H3,(H,21,22,23)/t13-,14-/m0/s1. The third kappa shape index (κ3) is 3.22. The zero-order valence-corrected chi connectivity index (χ0v) is 15.6. The predicted octanol–water partition coefficient (Wildman–Crippen LogP) is 3.03. The van der Waals surface area contributed by atoms with Gasteiger partial charge >= 0.3 is 0 Å². The Hall–Kier alpha value is -2.67. The number of aromatic nitrogens is 4. The molecule has 0 aliphatic carbocycles. The summed E-state index contributed by atoms with van der Waals surface area (Å²) in [7, 11) is 1.90. The van der Waals surface area contributed by atoms with Crippen molar-refractivity contribution in [3.05, 3.63) is 36.0 Å². The summed E-state index contributed by atoms with van der Waals surface area (Å²) in [5.41, 5.74) is 3.02. The quantitative estimate of drug-likeness (QED) is 0.781. The maximum Gasteiger partial charge on any atom is 0.229 e. The van der Waals surface area contributed by atoms with Gasteiger partial charge in [0.05, 0.1) is 23.8 Å². The molecule has 1 aliphatic heterocycles. The molecule has 2 aromatic heterocycles. The number of hydrogen-bond acceptors (Lipinski definition) is 6. The van der Waals surface area contributed by atoms with Crippen molar-refractivity contribution in [2.75, 3.05) is 23.3 Å². The lowest BCUT2D eigenvalue weighted by molar-refractivity contribution is -0.00569. The predicted molar refractivity (Wildman–Crippen MR) is 103 cm³/mol. The zero-order valence-electron chi connectivity index (χ0n) is 15.6. The van der Waals surface area contributed by atoms with Crippen LogP contribution in [-0.4, -0.2) is 45.0 Å². The molecule has 1 aliphatic rings. The number of rotatable bonds is 3. The van der Waals surface area contributed by atoms with Crippen LogP contribution in [0.5, 0.6) is 0 Å². The van der Waals surface area contributed by atoms with E-state index in [9.17, 15) is 0 Å². The fourth-order valence-electron chi connectivity index (χ4n) is 3.45. The Morgan fingerprint density at radius 3 is 2.65 bits per heavy atom. The van der Waals surface area contributed by atoms with Gasteiger partial charge in [0.15, 0.2) is 5.65 Å². The molecule has 3 heterocycles. The number of anilines is 3. The van der Waals surface area contributed by atoms with Gasteiger partial charge in [0.1, 0.15) is 5.82 Å². The first-order valence-corrected chi connectivity index (χ1v) is 8.93. The highest BCUT2D eigenvalue weighted by molar-refractivity contribution is 5.89. The number of hydrogen-bond donors (Lipinski definition) is 1. The minimum atomic E-state index is 0.151. The molecule has 1 fully saturated rings. The van der Waals surface area contributed by atoms with Crippen molar-refractivity contribution >= 4 is 28.5 Å². The number of fused-ring (bicyclic) bond motifs is 1. The monoisotopic (exact) mass is 352 g/mol. The Morgan fingerprint density at radius 1 is 1.15 bits per heavy atom. The van der Waals surface area contributed by atoms with E-state index in [4.69, 9.17) is 14.7 Å². The van der Waals surface area contributed by atoms with Crippen LogP contribution < -0.4 is 10.2 Å². The molecule has 4 rings (SSSR count). The van der Waals surface area contributed by atoms with Crippen LogP contribution in [0.3, 0.4) is 0 Å². The van der Waals surface area contributed by atoms with E-state index in [1.54, 1.807) is 4.68 Å². The van der Waals surface area contributed by atoms with Crippen molar-refractivity contribution in [1.29, 1.82) is 0 Å². The van der Waals surface area contributed by atoms with Crippen LogP contribution in [0.1, 0.15) is 19.4 Å². The average molecular weight is 352 g/mol. The van der Waals surface area contributed by atoms with Gasteiger partial charge in [-0.25, -0.2) is 0 Å². The van der Waals surface area contributed by atoms with Crippen molar-refractivity contribution in [3.8, 4) is 0 Å². The number of morpholine rings is 1. The molecule has 0 bridgehead atoms. The molecule has 3 aromatic rings. The van der Waals surface area contributed by atoms with Gasteiger partial charge in [-0.3, -0.25) is 4.68 Å². The second kappa shape index (κ2) is 6.57. The van der Waals surface area contributed by atoms with Crippen LogP contribution in [0.2, 0.25) is 0 Å². The van der Waals surface area contributed by atoms with Crippen molar-refractivity contribution in [3.63, 3.8) is 0 Å². The molecular weight excluding hydrogens is 328 g/mol. The molecule has 1 saturated heterocycles. The molecule has 0 saturated carbocycles. The first kappa shape index (κ1) is 16.8. The van der Waals surface area contributed by atoms with Crippen molar-refractivity contribution in [1.82, 2.24) is 19.7 Å². The van der Waals surface area contributed by atoms with Gasteiger partial charge in [0.2, 0.25) is 5.95 Å². The fraction of sp³-hybridized carbons (Fsp3) is 0.421. The van der Waals surface area contributed by atoms with E-state index in [-0.39, 0.29) is 12.2 Å². The largest absolute Gasteiger partial charge is 0.372 e. The lowest BCUT2D eigenvalue weighted by Gasteiger charge is -2.35. The van der Waals surface area contributed by atoms with Gasteiger partial charge in [0, 0.05) is 25.8 Å². The number of aryl methyl sites for hydroxylation is 2. The fourth-order valence-corrected chi connectivity index (χ4v) is 3.45. The van der Waals surface area contributed by atoms with Crippen molar-refractivity contribution in [2.45, 2.75) is 33.0 Å². The van der Waals surface area contributed by atoms with Gasteiger partial charge < -0.3 is 15.0 Å². The molecule has 0 spiro atoms. The van der Waals surface area contributed by atoms with E-state index in [0.717, 1.165) is 35.6 Å². The van der Waals surface area contributed by atoms with Crippen LogP contribution in [-0.2, 0) is 11.8 Å². The minimum Gasteiger partial charge on any atom is -0.372 e. The Labute approximate surface area is 153 Å². The maximum absolute atomic E-state index is 5.84. The van der Waals surface area contributed by atoms with E-state index in [2.05, 4.69) is 48.2 Å². The summed E-state index contributed by atoms with van der Waals surface area (Å²) < 4.78 is 7.63. The van der Waals surface area contributed by atoms with Gasteiger partial charge in [-0.05, 0) is 38.5 Å². The second-order valence-electron chi connectivity index (χ2n) is 7.03. The van der Waals surface area contributed by atoms with Crippen LogP contribution >= 0.6 is 0 Å². The first-order chi connectivity index (χ1) is 12.5. The summed E-state index contributed by atoms with van der Waals surface area (Å²) in [5, 5.41) is 8.71. The Balaban J connectivity index is 1.76. The number of nitrogens with one attached hydrogen (secondary N) is 1. The van der Waals surface area contributed by atoms with E-state index in [0.29, 0.717) is 5.95 Å². The van der Waals surface area contributed by atoms with Gasteiger partial charge in [0.25, 0.3) is 0 Å². The SMILES string of the molecule is Cc1cccc(Nc2nc(N3C[C@H](C)O[C@@H](C)C3)nc3c2cnn3C)c1. The van der Waals surface area contributed by atoms with E-state index < -0.39 is 0 Å². The van der Waals surface area contributed by atoms with Crippen molar-refractivity contribution < 1.29 is 4.74 Å². The van der Waals surface area contributed by atoms with Gasteiger partial charge in [-0.15, -0.1) is 0 Å². The van der Waals surface area contributed by atoms with Crippen LogP contribution in [0, 0.1) is 6.92 Å². The minimum absolute atomic E-state index is 0.151. The zero-order chi connectivity index (χ0) is 18.3. The molecule has 0 radical (unpaired) electrons. The first-order valence-electron chi connectivity index (χ1n) is 8.93. The second-order valence-corrected chi connectivity index (χ2v) is 7.03. The van der Waals surface area contributed by atoms with Crippen LogP contribution in [0.25, 0.3) is 11.0 Å². The number of benzene rings is 1. The van der Waals surface area contributed by atoms with Gasteiger partial charge in [-0.1, -0.05) is 12.1 Å². The van der Waals surface area contributed by atoms with E-state index in [1.165, 1.54) is 5.56 Å². The number of ether oxygens (including phenoxy) is 1. The Bertz CT molecular complexity index is 927. The molecule has 1 N–H and O–H groups in total. The smallest absolute Gasteiger partial charge is 0.229 e. The normalized spacial score (nSPS) is 20.5. The summed E-state index contributed by atoms with van der Waals surface area (Å²) in [6.45, 7) is 7.79. The van der Waals surface area contributed by atoms with Gasteiger partial charge in [-0.2, -0.15) is 15.1 Å². The molecule has 26 heavy (non-hydrogen) atoms. The summed E-state index contributed by atoms with van der Waals surface area (Å²) in [5.74, 6) is 1.48. The Morgan fingerprint density at radius 2 is 1.92 bits per heavy atom. The molecule has 1 aromatic carbocycles. The van der Waals surface area contributed by atoms with Crippen LogP contribution in [0.4, 0.5) is 17.5 Å². The average Bonchev–Trinajstić information content (AvgIpc) is 2.96. The Kier molecular flexibility index (Phi) is 4.24. The van der Waals surface area contributed by atoms with Crippen LogP contribution in [0.15, 0.2) is 30.5 Å². The molecule has 7 nitrogen and oxygen atoms in total. The molecule has 0 amide bonds. The highest BCUT2D eigenvalue weighted by atomic mass is 16.5.